The number of aliphatic hydroxyl groups excluding tert-OH is 1. The highest BCUT2D eigenvalue weighted by Gasteiger charge is 2.43. The predicted molar refractivity (Wildman–Crippen MR) is 109 cm³/mol. The van der Waals surface area contributed by atoms with Crippen LogP contribution in [-0.2, 0) is 0 Å². The summed E-state index contributed by atoms with van der Waals surface area (Å²) in [5.41, 5.74) is 0.846. The SMILES string of the molecule is O=C(c1cnn2ccc(N3CCCC3c3cc(F)ccc3F)cc12)N1CC(O)(CO)C1. The Morgan fingerprint density at radius 2 is 2.03 bits per heavy atom. The molecule has 1 amide bonds. The number of halogens is 2. The average molecular weight is 428 g/mol. The van der Waals surface area contributed by atoms with Gasteiger partial charge in [0.25, 0.3) is 5.91 Å². The number of fused-ring (bicyclic) bond motifs is 1. The van der Waals surface area contributed by atoms with Crippen LogP contribution in [-0.4, -0.2) is 62.5 Å². The third-order valence-electron chi connectivity index (χ3n) is 6.19. The van der Waals surface area contributed by atoms with E-state index in [0.717, 1.165) is 24.2 Å². The van der Waals surface area contributed by atoms with E-state index in [0.29, 0.717) is 29.6 Å². The topological polar surface area (TPSA) is 81.3 Å². The molecule has 1 atom stereocenters. The van der Waals surface area contributed by atoms with Crippen molar-refractivity contribution in [1.82, 2.24) is 14.5 Å². The van der Waals surface area contributed by atoms with Gasteiger partial charge in [0, 0.05) is 24.0 Å². The van der Waals surface area contributed by atoms with Gasteiger partial charge >= 0.3 is 0 Å². The van der Waals surface area contributed by atoms with Crippen LogP contribution in [0.1, 0.15) is 34.8 Å². The number of pyridine rings is 1. The van der Waals surface area contributed by atoms with Gasteiger partial charge < -0.3 is 20.0 Å². The first-order valence-electron chi connectivity index (χ1n) is 10.2. The lowest BCUT2D eigenvalue weighted by molar-refractivity contribution is -0.109. The highest BCUT2D eigenvalue weighted by molar-refractivity contribution is 6.01. The lowest BCUT2D eigenvalue weighted by atomic mass is 9.94. The number of hydrogen-bond donors (Lipinski definition) is 2. The Balaban J connectivity index is 1.46. The van der Waals surface area contributed by atoms with Gasteiger partial charge in [0.2, 0.25) is 0 Å². The van der Waals surface area contributed by atoms with Crippen molar-refractivity contribution in [3.05, 3.63) is 65.5 Å². The van der Waals surface area contributed by atoms with Crippen molar-refractivity contribution in [1.29, 1.82) is 0 Å². The predicted octanol–water partition coefficient (Wildman–Crippen LogP) is 2.13. The molecular formula is C22H22F2N4O3. The number of nitrogens with zero attached hydrogens (tertiary/aromatic N) is 4. The van der Waals surface area contributed by atoms with Crippen LogP contribution < -0.4 is 4.90 Å². The van der Waals surface area contributed by atoms with E-state index >= 15 is 0 Å². The van der Waals surface area contributed by atoms with Crippen LogP contribution in [0.15, 0.2) is 42.7 Å². The molecule has 4 heterocycles. The fraction of sp³-hybridized carbons (Fsp3) is 0.364. The summed E-state index contributed by atoms with van der Waals surface area (Å²) in [4.78, 5) is 16.4. The van der Waals surface area contributed by atoms with Crippen molar-refractivity contribution in [2.24, 2.45) is 0 Å². The number of aliphatic hydroxyl groups is 2. The molecule has 31 heavy (non-hydrogen) atoms. The summed E-state index contributed by atoms with van der Waals surface area (Å²) >= 11 is 0. The molecule has 2 fully saturated rings. The van der Waals surface area contributed by atoms with Crippen LogP contribution in [0.4, 0.5) is 14.5 Å². The summed E-state index contributed by atoms with van der Waals surface area (Å²) in [5.74, 6) is -1.19. The summed E-state index contributed by atoms with van der Waals surface area (Å²) in [5, 5.41) is 23.4. The Bertz CT molecular complexity index is 1160. The Kier molecular flexibility index (Phi) is 4.67. The number of carbonyl (C=O) groups is 1. The second-order valence-corrected chi connectivity index (χ2v) is 8.33. The molecule has 2 N–H and O–H groups in total. The molecule has 0 bridgehead atoms. The largest absolute Gasteiger partial charge is 0.393 e. The smallest absolute Gasteiger partial charge is 0.257 e. The molecule has 1 unspecified atom stereocenters. The molecule has 2 aliphatic rings. The minimum absolute atomic E-state index is 0.0619. The number of rotatable bonds is 4. The van der Waals surface area contributed by atoms with Crippen LogP contribution in [0.5, 0.6) is 0 Å². The molecule has 7 nitrogen and oxygen atoms in total. The molecule has 162 valence electrons. The number of amides is 1. The first-order valence-corrected chi connectivity index (χ1v) is 10.2. The molecule has 5 rings (SSSR count). The van der Waals surface area contributed by atoms with Gasteiger partial charge in [-0.05, 0) is 43.2 Å². The zero-order valence-electron chi connectivity index (χ0n) is 16.7. The van der Waals surface area contributed by atoms with Gasteiger partial charge in [-0.1, -0.05) is 0 Å². The van der Waals surface area contributed by atoms with Crippen LogP contribution in [0, 0.1) is 11.6 Å². The van der Waals surface area contributed by atoms with Gasteiger partial charge in [0.15, 0.2) is 0 Å². The fourth-order valence-corrected chi connectivity index (χ4v) is 4.56. The standard InChI is InChI=1S/C22H22F2N4O3/c23-14-3-4-18(24)16(8-14)19-2-1-6-27(19)15-5-7-28-20(9-15)17(10-25-28)21(30)26-11-22(31,12-26)13-29/h3-5,7-10,19,29,31H,1-2,6,11-13H2. The van der Waals surface area contributed by atoms with Crippen molar-refractivity contribution in [3.63, 3.8) is 0 Å². The molecule has 9 heteroatoms. The van der Waals surface area contributed by atoms with E-state index in [1.807, 2.05) is 17.0 Å². The fourth-order valence-electron chi connectivity index (χ4n) is 4.56. The summed E-state index contributed by atoms with van der Waals surface area (Å²) in [7, 11) is 0. The molecule has 2 aliphatic heterocycles. The van der Waals surface area contributed by atoms with Crippen molar-refractivity contribution < 1.29 is 23.8 Å². The second kappa shape index (κ2) is 7.28. The molecule has 2 aromatic heterocycles. The Morgan fingerprint density at radius 1 is 1.23 bits per heavy atom. The van der Waals surface area contributed by atoms with Crippen molar-refractivity contribution in [2.75, 3.05) is 31.1 Å². The molecule has 0 radical (unpaired) electrons. The van der Waals surface area contributed by atoms with Crippen molar-refractivity contribution in [2.45, 2.75) is 24.5 Å². The van der Waals surface area contributed by atoms with Gasteiger partial charge in [-0.2, -0.15) is 5.10 Å². The molecule has 0 saturated carbocycles. The third kappa shape index (κ3) is 3.34. The number of aromatic nitrogens is 2. The second-order valence-electron chi connectivity index (χ2n) is 8.33. The molecule has 2 saturated heterocycles. The minimum Gasteiger partial charge on any atom is -0.393 e. The highest BCUT2D eigenvalue weighted by atomic mass is 19.1. The van der Waals surface area contributed by atoms with E-state index in [1.165, 1.54) is 17.2 Å². The number of carbonyl (C=O) groups excluding carboxylic acids is 1. The summed E-state index contributed by atoms with van der Waals surface area (Å²) in [6.07, 6.45) is 4.75. The Morgan fingerprint density at radius 3 is 2.81 bits per heavy atom. The maximum atomic E-state index is 14.4. The Labute approximate surface area is 177 Å². The lowest BCUT2D eigenvalue weighted by Crippen LogP contribution is -2.65. The van der Waals surface area contributed by atoms with Gasteiger partial charge in [0.1, 0.15) is 17.2 Å². The highest BCUT2D eigenvalue weighted by Crippen LogP contribution is 2.38. The van der Waals surface area contributed by atoms with Gasteiger partial charge in [-0.15, -0.1) is 0 Å². The zero-order valence-corrected chi connectivity index (χ0v) is 16.7. The Hall–Kier alpha value is -3.04. The lowest BCUT2D eigenvalue weighted by Gasteiger charge is -2.45. The zero-order chi connectivity index (χ0) is 21.8. The number of hydrogen-bond acceptors (Lipinski definition) is 5. The molecule has 0 aliphatic carbocycles. The molecular weight excluding hydrogens is 406 g/mol. The van der Waals surface area contributed by atoms with Gasteiger partial charge in [-0.3, -0.25) is 4.79 Å². The molecule has 3 aromatic rings. The van der Waals surface area contributed by atoms with Crippen LogP contribution in [0.25, 0.3) is 5.52 Å². The van der Waals surface area contributed by atoms with E-state index in [9.17, 15) is 23.8 Å². The number of β-amino-alcohol motifs (C(OH)–C–C–N with tert-alkyl or cyclic N) is 1. The van der Waals surface area contributed by atoms with Crippen LogP contribution >= 0.6 is 0 Å². The molecule has 1 aromatic carbocycles. The summed E-state index contributed by atoms with van der Waals surface area (Å²) in [6, 6.07) is 6.89. The van der Waals surface area contributed by atoms with Crippen LogP contribution in [0.2, 0.25) is 0 Å². The van der Waals surface area contributed by atoms with E-state index in [2.05, 4.69) is 5.10 Å². The number of likely N-dealkylation sites (tertiary alicyclic amines) is 1. The third-order valence-corrected chi connectivity index (χ3v) is 6.19. The van der Waals surface area contributed by atoms with E-state index < -0.39 is 23.8 Å². The van der Waals surface area contributed by atoms with Crippen molar-refractivity contribution >= 4 is 17.1 Å². The van der Waals surface area contributed by atoms with Gasteiger partial charge in [-0.25, -0.2) is 13.3 Å². The van der Waals surface area contributed by atoms with E-state index in [1.54, 1.807) is 10.7 Å². The quantitative estimate of drug-likeness (QED) is 0.666. The number of benzene rings is 1. The minimum atomic E-state index is -1.25. The summed E-state index contributed by atoms with van der Waals surface area (Å²) < 4.78 is 29.8. The van der Waals surface area contributed by atoms with E-state index in [4.69, 9.17) is 0 Å². The first kappa shape index (κ1) is 19.9. The van der Waals surface area contributed by atoms with Crippen molar-refractivity contribution in [3.8, 4) is 0 Å². The maximum Gasteiger partial charge on any atom is 0.257 e. The number of anilines is 1. The van der Waals surface area contributed by atoms with Gasteiger partial charge in [0.05, 0.1) is 43.0 Å². The maximum absolute atomic E-state index is 14.4. The first-order chi connectivity index (χ1) is 14.9. The average Bonchev–Trinajstić information content (AvgIpc) is 3.39. The summed E-state index contributed by atoms with van der Waals surface area (Å²) in [6.45, 7) is 0.408. The van der Waals surface area contributed by atoms with E-state index in [-0.39, 0.29) is 25.0 Å². The normalized spacial score (nSPS) is 20.3. The molecule has 0 spiro atoms. The van der Waals surface area contributed by atoms with Crippen LogP contribution in [0.3, 0.4) is 0 Å². The monoisotopic (exact) mass is 428 g/mol.